The summed E-state index contributed by atoms with van der Waals surface area (Å²) >= 11 is 6.06. The van der Waals surface area contributed by atoms with Crippen molar-refractivity contribution >= 4 is 23.5 Å². The zero-order valence-electron chi connectivity index (χ0n) is 20.0. The van der Waals surface area contributed by atoms with E-state index < -0.39 is 5.97 Å². The Kier molecular flexibility index (Phi) is 7.60. The highest BCUT2D eigenvalue weighted by atomic mass is 35.5. The van der Waals surface area contributed by atoms with E-state index in [9.17, 15) is 9.90 Å². The van der Waals surface area contributed by atoms with Gasteiger partial charge in [-0.15, -0.1) is 0 Å². The van der Waals surface area contributed by atoms with Crippen molar-refractivity contribution in [3.8, 4) is 17.2 Å². The predicted octanol–water partition coefficient (Wildman–Crippen LogP) is 4.98. The third kappa shape index (κ3) is 5.27. The fourth-order valence-electron chi connectivity index (χ4n) is 4.49. The molecule has 0 saturated carbocycles. The van der Waals surface area contributed by atoms with Crippen LogP contribution in [0.3, 0.4) is 0 Å². The lowest BCUT2D eigenvalue weighted by Gasteiger charge is -2.25. The van der Waals surface area contributed by atoms with E-state index in [1.807, 2.05) is 36.4 Å². The van der Waals surface area contributed by atoms with Crippen LogP contribution in [0.15, 0.2) is 42.6 Å². The van der Waals surface area contributed by atoms with Gasteiger partial charge < -0.3 is 24.2 Å². The van der Waals surface area contributed by atoms with Crippen LogP contribution in [-0.4, -0.2) is 48.9 Å². The van der Waals surface area contributed by atoms with Crippen molar-refractivity contribution < 1.29 is 24.1 Å². The first-order valence-corrected chi connectivity index (χ1v) is 11.7. The van der Waals surface area contributed by atoms with E-state index in [-0.39, 0.29) is 11.6 Å². The molecule has 2 aromatic carbocycles. The Labute approximate surface area is 209 Å². The molecule has 8 nitrogen and oxygen atoms in total. The van der Waals surface area contributed by atoms with Gasteiger partial charge in [-0.1, -0.05) is 23.7 Å². The number of carbonyl (C=O) groups is 1. The number of ether oxygens (including phenoxy) is 3. The smallest absolute Gasteiger partial charge is 0.339 e. The third-order valence-electron chi connectivity index (χ3n) is 6.22. The number of benzene rings is 2. The van der Waals surface area contributed by atoms with Gasteiger partial charge in [0, 0.05) is 17.8 Å². The molecule has 1 aromatic heterocycles. The first-order valence-electron chi connectivity index (χ1n) is 11.3. The Hall–Kier alpha value is -3.52. The minimum absolute atomic E-state index is 0.100. The number of hydrogen-bond acceptors (Lipinski definition) is 7. The van der Waals surface area contributed by atoms with Crippen LogP contribution < -0.4 is 19.1 Å². The van der Waals surface area contributed by atoms with Gasteiger partial charge in [-0.25, -0.2) is 14.8 Å². The molecule has 1 saturated heterocycles. The molecule has 0 spiro atoms. The molecular weight excluding hydrogens is 470 g/mol. The molecule has 0 radical (unpaired) electrons. The molecule has 2 heterocycles. The fraction of sp³-hybridized carbons (Fsp3) is 0.346. The van der Waals surface area contributed by atoms with Crippen LogP contribution in [0.1, 0.15) is 46.1 Å². The van der Waals surface area contributed by atoms with E-state index in [0.29, 0.717) is 46.8 Å². The quantitative estimate of drug-likeness (QED) is 0.442. The summed E-state index contributed by atoms with van der Waals surface area (Å²) in [6, 6.07) is 11.6. The normalized spacial score (nSPS) is 15.2. The lowest BCUT2D eigenvalue weighted by Crippen LogP contribution is -2.25. The highest BCUT2D eigenvalue weighted by molar-refractivity contribution is 6.30. The second kappa shape index (κ2) is 10.8. The summed E-state index contributed by atoms with van der Waals surface area (Å²) in [5.41, 5.74) is 2.63. The third-order valence-corrected chi connectivity index (χ3v) is 6.48. The number of anilines is 1. The fourth-order valence-corrected chi connectivity index (χ4v) is 4.62. The van der Waals surface area contributed by atoms with Crippen LogP contribution in [0.4, 0.5) is 5.95 Å². The topological polar surface area (TPSA) is 94.0 Å². The van der Waals surface area contributed by atoms with E-state index >= 15 is 0 Å². The van der Waals surface area contributed by atoms with E-state index in [1.165, 1.54) is 6.20 Å². The standard InChI is InChI=1S/C26H28ClN3O5/c1-33-22-13-16(14-23(34-2)24(22)35-3)6-11-20-19(25(31)32)15-28-26(29-20)30-12-4-5-21(30)17-7-9-18(27)10-8-17/h7-10,13-15,21H,4-6,11-12H2,1-3H3,(H,31,32)/t21-/m1/s1. The summed E-state index contributed by atoms with van der Waals surface area (Å²) in [5.74, 6) is 1.09. The van der Waals surface area contributed by atoms with Crippen molar-refractivity contribution in [2.75, 3.05) is 32.8 Å². The molecule has 4 rings (SSSR count). The van der Waals surface area contributed by atoms with Gasteiger partial charge in [-0.05, 0) is 61.1 Å². The van der Waals surface area contributed by atoms with Gasteiger partial charge >= 0.3 is 5.97 Å². The average molecular weight is 498 g/mol. The Balaban J connectivity index is 1.62. The molecule has 9 heteroatoms. The van der Waals surface area contributed by atoms with Gasteiger partial charge in [-0.2, -0.15) is 0 Å². The maximum absolute atomic E-state index is 11.9. The number of aromatic nitrogens is 2. The van der Waals surface area contributed by atoms with Crippen LogP contribution in [0.5, 0.6) is 17.2 Å². The molecule has 1 fully saturated rings. The zero-order chi connectivity index (χ0) is 24.9. The molecule has 0 unspecified atom stereocenters. The van der Waals surface area contributed by atoms with Crippen molar-refractivity contribution in [3.05, 3.63) is 70.0 Å². The van der Waals surface area contributed by atoms with E-state index in [2.05, 4.69) is 9.88 Å². The molecule has 1 aliphatic heterocycles. The van der Waals surface area contributed by atoms with Gasteiger partial charge in [0.1, 0.15) is 0 Å². The van der Waals surface area contributed by atoms with Crippen LogP contribution in [0.25, 0.3) is 0 Å². The van der Waals surface area contributed by atoms with E-state index in [4.69, 9.17) is 30.8 Å². The maximum atomic E-state index is 11.9. The molecule has 184 valence electrons. The molecule has 3 aromatic rings. The monoisotopic (exact) mass is 497 g/mol. The van der Waals surface area contributed by atoms with Crippen molar-refractivity contribution in [1.82, 2.24) is 9.97 Å². The highest BCUT2D eigenvalue weighted by Crippen LogP contribution is 2.39. The van der Waals surface area contributed by atoms with Gasteiger partial charge in [0.05, 0.1) is 38.6 Å². The van der Waals surface area contributed by atoms with Gasteiger partial charge in [0.2, 0.25) is 11.7 Å². The lowest BCUT2D eigenvalue weighted by atomic mass is 10.0. The lowest BCUT2D eigenvalue weighted by molar-refractivity contribution is 0.0694. The summed E-state index contributed by atoms with van der Waals surface area (Å²) in [4.78, 5) is 23.2. The van der Waals surface area contributed by atoms with Gasteiger partial charge in [0.25, 0.3) is 0 Å². The van der Waals surface area contributed by atoms with Crippen LogP contribution >= 0.6 is 11.6 Å². The first-order chi connectivity index (χ1) is 16.9. The predicted molar refractivity (Wildman–Crippen MR) is 133 cm³/mol. The Bertz CT molecular complexity index is 1180. The number of hydrogen-bond donors (Lipinski definition) is 1. The number of carboxylic acid groups (broad SMARTS) is 1. The molecule has 1 aliphatic rings. The second-order valence-corrected chi connectivity index (χ2v) is 8.71. The number of nitrogens with zero attached hydrogens (tertiary/aromatic N) is 3. The average Bonchev–Trinajstić information content (AvgIpc) is 3.36. The van der Waals surface area contributed by atoms with E-state index in [1.54, 1.807) is 21.3 Å². The van der Waals surface area contributed by atoms with E-state index in [0.717, 1.165) is 30.5 Å². The molecule has 1 N–H and O–H groups in total. The Morgan fingerprint density at radius 3 is 2.37 bits per heavy atom. The largest absolute Gasteiger partial charge is 0.493 e. The van der Waals surface area contributed by atoms with Crippen LogP contribution in [0, 0.1) is 0 Å². The van der Waals surface area contributed by atoms with Gasteiger partial charge in [-0.3, -0.25) is 0 Å². The highest BCUT2D eigenvalue weighted by Gasteiger charge is 2.29. The van der Waals surface area contributed by atoms with Crippen LogP contribution in [0.2, 0.25) is 5.02 Å². The molecule has 0 bridgehead atoms. The minimum atomic E-state index is -1.05. The summed E-state index contributed by atoms with van der Waals surface area (Å²) in [5, 5.41) is 10.4. The van der Waals surface area contributed by atoms with Crippen molar-refractivity contribution in [3.63, 3.8) is 0 Å². The van der Waals surface area contributed by atoms with Gasteiger partial charge in [0.15, 0.2) is 11.5 Å². The first kappa shape index (κ1) is 24.6. The number of aryl methyl sites for hydroxylation is 2. The summed E-state index contributed by atoms with van der Waals surface area (Å²) in [6.07, 6.45) is 4.32. The SMILES string of the molecule is COc1cc(CCc2nc(N3CCC[C@@H]3c3ccc(Cl)cc3)ncc2C(=O)O)cc(OC)c1OC. The van der Waals surface area contributed by atoms with Crippen LogP contribution in [-0.2, 0) is 12.8 Å². The van der Waals surface area contributed by atoms with Crippen molar-refractivity contribution in [2.24, 2.45) is 0 Å². The maximum Gasteiger partial charge on any atom is 0.339 e. The van der Waals surface area contributed by atoms with Crippen molar-refractivity contribution in [2.45, 2.75) is 31.7 Å². The molecule has 0 amide bonds. The molecule has 35 heavy (non-hydrogen) atoms. The number of aromatic carboxylic acids is 1. The Morgan fingerprint density at radius 2 is 1.77 bits per heavy atom. The Morgan fingerprint density at radius 1 is 1.09 bits per heavy atom. The number of rotatable bonds is 9. The molecular formula is C26H28ClN3O5. The second-order valence-electron chi connectivity index (χ2n) is 8.27. The van der Waals surface area contributed by atoms with Crippen molar-refractivity contribution in [1.29, 1.82) is 0 Å². The minimum Gasteiger partial charge on any atom is -0.493 e. The number of methoxy groups -OCH3 is 3. The summed E-state index contributed by atoms with van der Waals surface area (Å²) < 4.78 is 16.3. The summed E-state index contributed by atoms with van der Waals surface area (Å²) in [6.45, 7) is 0.798. The number of carboxylic acids is 1. The molecule has 1 atom stereocenters. The summed E-state index contributed by atoms with van der Waals surface area (Å²) in [7, 11) is 4.68. The zero-order valence-corrected chi connectivity index (χ0v) is 20.7. The number of halogens is 1. The molecule has 0 aliphatic carbocycles.